The Labute approximate surface area is 112 Å². The molecule has 0 spiro atoms. The van der Waals surface area contributed by atoms with E-state index in [1.54, 1.807) is 0 Å². The van der Waals surface area contributed by atoms with Crippen molar-refractivity contribution in [1.29, 1.82) is 0 Å². The van der Waals surface area contributed by atoms with Crippen LogP contribution in [-0.4, -0.2) is 15.7 Å². The van der Waals surface area contributed by atoms with Gasteiger partial charge in [-0.3, -0.25) is 0 Å². The minimum atomic E-state index is 0.501. The standard InChI is InChI=1S/C14H17N5/c1-9-7-10(2)17-14(16-9)19-18-11(3)12-5-4-6-13(15)8-12/h4-8H,15H2,1-3H3,(H,16,17,19)/b18-11-. The number of aromatic nitrogens is 2. The fraction of sp³-hybridized carbons (Fsp3) is 0.214. The maximum Gasteiger partial charge on any atom is 0.243 e. The Kier molecular flexibility index (Phi) is 3.75. The minimum absolute atomic E-state index is 0.501. The van der Waals surface area contributed by atoms with E-state index in [1.807, 2.05) is 51.1 Å². The van der Waals surface area contributed by atoms with Gasteiger partial charge in [-0.05, 0) is 44.5 Å². The molecule has 2 rings (SSSR count). The molecule has 5 nitrogen and oxygen atoms in total. The summed E-state index contributed by atoms with van der Waals surface area (Å²) in [5, 5.41) is 4.27. The van der Waals surface area contributed by atoms with Crippen LogP contribution in [0.1, 0.15) is 23.9 Å². The summed E-state index contributed by atoms with van der Waals surface area (Å²) in [7, 11) is 0. The number of hydrazone groups is 1. The molecular weight excluding hydrogens is 238 g/mol. The number of hydrogen-bond acceptors (Lipinski definition) is 5. The van der Waals surface area contributed by atoms with Gasteiger partial charge in [-0.2, -0.15) is 5.10 Å². The van der Waals surface area contributed by atoms with Crippen molar-refractivity contribution < 1.29 is 0 Å². The maximum atomic E-state index is 5.74. The Morgan fingerprint density at radius 1 is 1.16 bits per heavy atom. The second-order valence-electron chi connectivity index (χ2n) is 4.41. The lowest BCUT2D eigenvalue weighted by Gasteiger charge is -2.04. The lowest BCUT2D eigenvalue weighted by atomic mass is 10.1. The molecule has 1 aromatic heterocycles. The number of benzene rings is 1. The van der Waals surface area contributed by atoms with Crippen LogP contribution in [0.25, 0.3) is 0 Å². The molecule has 0 aliphatic rings. The number of anilines is 2. The zero-order valence-electron chi connectivity index (χ0n) is 11.3. The molecule has 0 saturated carbocycles. The van der Waals surface area contributed by atoms with E-state index in [0.29, 0.717) is 5.95 Å². The summed E-state index contributed by atoms with van der Waals surface area (Å²) < 4.78 is 0. The number of hydrogen-bond donors (Lipinski definition) is 2. The Hall–Kier alpha value is -2.43. The molecule has 0 fully saturated rings. The molecule has 0 aliphatic carbocycles. The first-order valence-electron chi connectivity index (χ1n) is 6.03. The third kappa shape index (κ3) is 3.51. The maximum absolute atomic E-state index is 5.74. The molecule has 5 heteroatoms. The van der Waals surface area contributed by atoms with Crippen LogP contribution >= 0.6 is 0 Å². The minimum Gasteiger partial charge on any atom is -0.399 e. The number of rotatable bonds is 3. The number of nitrogens with one attached hydrogen (secondary N) is 1. The van der Waals surface area contributed by atoms with Gasteiger partial charge in [0.15, 0.2) is 0 Å². The summed E-state index contributed by atoms with van der Waals surface area (Å²) in [6, 6.07) is 9.50. The Morgan fingerprint density at radius 3 is 2.47 bits per heavy atom. The van der Waals surface area contributed by atoms with Crippen LogP contribution < -0.4 is 11.2 Å². The third-order valence-corrected chi connectivity index (χ3v) is 2.61. The van der Waals surface area contributed by atoms with Crippen LogP contribution in [0, 0.1) is 13.8 Å². The van der Waals surface area contributed by atoms with Gasteiger partial charge in [-0.25, -0.2) is 15.4 Å². The molecule has 98 valence electrons. The highest BCUT2D eigenvalue weighted by Crippen LogP contribution is 2.09. The van der Waals surface area contributed by atoms with Gasteiger partial charge in [-0.15, -0.1) is 0 Å². The summed E-state index contributed by atoms with van der Waals surface area (Å²) in [5.41, 5.74) is 12.9. The lowest BCUT2D eigenvalue weighted by molar-refractivity contribution is 1.03. The third-order valence-electron chi connectivity index (χ3n) is 2.61. The molecule has 1 aromatic carbocycles. The predicted molar refractivity (Wildman–Crippen MR) is 78.2 cm³/mol. The zero-order chi connectivity index (χ0) is 13.8. The number of nitrogens with zero attached hydrogens (tertiary/aromatic N) is 3. The van der Waals surface area contributed by atoms with Crippen molar-refractivity contribution in [1.82, 2.24) is 9.97 Å². The van der Waals surface area contributed by atoms with Gasteiger partial charge in [0, 0.05) is 17.1 Å². The normalized spacial score (nSPS) is 11.4. The molecule has 19 heavy (non-hydrogen) atoms. The van der Waals surface area contributed by atoms with Gasteiger partial charge in [0.1, 0.15) is 0 Å². The van der Waals surface area contributed by atoms with E-state index in [4.69, 9.17) is 5.73 Å². The monoisotopic (exact) mass is 255 g/mol. The topological polar surface area (TPSA) is 76.2 Å². The summed E-state index contributed by atoms with van der Waals surface area (Å²) in [6.07, 6.45) is 0. The number of aryl methyl sites for hydroxylation is 2. The van der Waals surface area contributed by atoms with Crippen LogP contribution in [0.2, 0.25) is 0 Å². The van der Waals surface area contributed by atoms with Gasteiger partial charge in [-0.1, -0.05) is 12.1 Å². The molecule has 0 radical (unpaired) electrons. The average molecular weight is 255 g/mol. The molecule has 2 aromatic rings. The first-order valence-corrected chi connectivity index (χ1v) is 6.03. The van der Waals surface area contributed by atoms with Gasteiger partial charge < -0.3 is 5.73 Å². The predicted octanol–water partition coefficient (Wildman–Crippen LogP) is 2.51. The van der Waals surface area contributed by atoms with Crippen LogP contribution in [0.4, 0.5) is 11.6 Å². The van der Waals surface area contributed by atoms with Gasteiger partial charge in [0.25, 0.3) is 0 Å². The van der Waals surface area contributed by atoms with Crippen molar-refractivity contribution >= 4 is 17.3 Å². The van der Waals surface area contributed by atoms with E-state index < -0.39 is 0 Å². The number of nitrogen functional groups attached to an aromatic ring is 1. The second kappa shape index (κ2) is 5.48. The van der Waals surface area contributed by atoms with Crippen LogP contribution in [-0.2, 0) is 0 Å². The number of nitrogens with two attached hydrogens (primary N) is 1. The van der Waals surface area contributed by atoms with E-state index in [2.05, 4.69) is 20.5 Å². The van der Waals surface area contributed by atoms with Gasteiger partial charge in [0.05, 0.1) is 5.71 Å². The van der Waals surface area contributed by atoms with Crippen molar-refractivity contribution in [3.63, 3.8) is 0 Å². The van der Waals surface area contributed by atoms with Crippen molar-refractivity contribution in [2.75, 3.05) is 11.2 Å². The highest BCUT2D eigenvalue weighted by Gasteiger charge is 2.00. The molecule has 1 heterocycles. The van der Waals surface area contributed by atoms with Crippen molar-refractivity contribution in [3.05, 3.63) is 47.3 Å². The molecule has 0 amide bonds. The summed E-state index contributed by atoms with van der Waals surface area (Å²) in [6.45, 7) is 5.76. The lowest BCUT2D eigenvalue weighted by Crippen LogP contribution is -2.04. The first-order chi connectivity index (χ1) is 9.04. The molecule has 0 unspecified atom stereocenters. The average Bonchev–Trinajstić information content (AvgIpc) is 2.35. The highest BCUT2D eigenvalue weighted by atomic mass is 15.4. The van der Waals surface area contributed by atoms with E-state index in [1.165, 1.54) is 0 Å². The fourth-order valence-corrected chi connectivity index (χ4v) is 1.74. The molecule has 3 N–H and O–H groups in total. The van der Waals surface area contributed by atoms with E-state index in [-0.39, 0.29) is 0 Å². The Morgan fingerprint density at radius 2 is 1.84 bits per heavy atom. The van der Waals surface area contributed by atoms with Crippen LogP contribution in [0.3, 0.4) is 0 Å². The fourth-order valence-electron chi connectivity index (χ4n) is 1.74. The largest absolute Gasteiger partial charge is 0.399 e. The van der Waals surface area contributed by atoms with E-state index in [9.17, 15) is 0 Å². The van der Waals surface area contributed by atoms with E-state index >= 15 is 0 Å². The van der Waals surface area contributed by atoms with Crippen LogP contribution in [0.15, 0.2) is 35.4 Å². The molecule has 0 saturated heterocycles. The quantitative estimate of drug-likeness (QED) is 0.502. The Bertz CT molecular complexity index is 599. The van der Waals surface area contributed by atoms with Crippen LogP contribution in [0.5, 0.6) is 0 Å². The Balaban J connectivity index is 2.18. The van der Waals surface area contributed by atoms with Crippen molar-refractivity contribution in [2.24, 2.45) is 5.10 Å². The van der Waals surface area contributed by atoms with E-state index in [0.717, 1.165) is 28.4 Å². The highest BCUT2D eigenvalue weighted by molar-refractivity contribution is 5.99. The molecular formula is C14H17N5. The smallest absolute Gasteiger partial charge is 0.243 e. The SMILES string of the molecule is C/C(=N/Nc1nc(C)cc(C)n1)c1cccc(N)c1. The van der Waals surface area contributed by atoms with Gasteiger partial charge in [0.2, 0.25) is 5.95 Å². The molecule has 0 aliphatic heterocycles. The second-order valence-corrected chi connectivity index (χ2v) is 4.41. The summed E-state index contributed by atoms with van der Waals surface area (Å²) in [4.78, 5) is 8.53. The summed E-state index contributed by atoms with van der Waals surface area (Å²) in [5.74, 6) is 0.501. The van der Waals surface area contributed by atoms with Crippen molar-refractivity contribution in [3.8, 4) is 0 Å². The van der Waals surface area contributed by atoms with Crippen molar-refractivity contribution in [2.45, 2.75) is 20.8 Å². The zero-order valence-corrected chi connectivity index (χ0v) is 11.3. The van der Waals surface area contributed by atoms with Gasteiger partial charge >= 0.3 is 0 Å². The molecule has 0 bridgehead atoms. The molecule has 0 atom stereocenters. The first kappa shape index (κ1) is 13.0. The summed E-state index contributed by atoms with van der Waals surface area (Å²) >= 11 is 0.